The maximum absolute atomic E-state index is 11.3. The van der Waals surface area contributed by atoms with Crippen LogP contribution in [0.5, 0.6) is 5.75 Å². The quantitative estimate of drug-likeness (QED) is 0.672. The van der Waals surface area contributed by atoms with E-state index in [1.165, 1.54) is 6.07 Å². The van der Waals surface area contributed by atoms with Gasteiger partial charge < -0.3 is 10.1 Å². The summed E-state index contributed by atoms with van der Waals surface area (Å²) < 4.78 is 0. The number of nitrogens with zero attached hydrogens (tertiary/aromatic N) is 2. The predicted octanol–water partition coefficient (Wildman–Crippen LogP) is 2.37. The molecule has 74 valence electrons. The number of hydrogen-bond acceptors (Lipinski definition) is 3. The molecule has 0 unspecified atom stereocenters. The molecule has 2 N–H and O–H groups in total. The minimum atomic E-state index is -0.662. The second-order valence-electron chi connectivity index (χ2n) is 2.94. The topological polar surface area (TPSA) is 81.2 Å². The van der Waals surface area contributed by atoms with E-state index >= 15 is 0 Å². The first kappa shape index (κ1) is 9.49. The average Bonchev–Trinajstić information content (AvgIpc) is 2.20. The average molecular weight is 223 g/mol. The van der Waals surface area contributed by atoms with E-state index in [1.807, 2.05) is 0 Å². The molecule has 1 aromatic heterocycles. The van der Waals surface area contributed by atoms with Crippen molar-refractivity contribution in [1.82, 2.24) is 4.98 Å². The second kappa shape index (κ2) is 3.26. The van der Waals surface area contributed by atoms with Crippen LogP contribution < -0.4 is 5.56 Å². The summed E-state index contributed by atoms with van der Waals surface area (Å²) in [7, 11) is 0. The molecule has 0 amide bonds. The van der Waals surface area contributed by atoms with Gasteiger partial charge in [-0.1, -0.05) is 11.6 Å². The SMILES string of the molecule is N#[N+]c1c(O)c2cc(Cl)ccc2[nH]c1=O. The molecule has 0 aliphatic carbocycles. The molecule has 15 heavy (non-hydrogen) atoms. The molecule has 0 atom stereocenters. The molecule has 0 aliphatic rings. The maximum atomic E-state index is 11.3. The number of pyridine rings is 1. The van der Waals surface area contributed by atoms with Crippen LogP contribution in [-0.4, -0.2) is 10.1 Å². The molecule has 0 bridgehead atoms. The normalized spacial score (nSPS) is 10.1. The van der Waals surface area contributed by atoms with Gasteiger partial charge in [0.05, 0.1) is 10.9 Å². The van der Waals surface area contributed by atoms with Crippen molar-refractivity contribution < 1.29 is 5.11 Å². The maximum Gasteiger partial charge on any atom is 0.490 e. The van der Waals surface area contributed by atoms with E-state index in [4.69, 9.17) is 17.0 Å². The summed E-state index contributed by atoms with van der Waals surface area (Å²) in [4.78, 5) is 16.4. The van der Waals surface area contributed by atoms with E-state index < -0.39 is 17.0 Å². The van der Waals surface area contributed by atoms with Gasteiger partial charge in [0.2, 0.25) is 11.1 Å². The molecule has 0 aliphatic heterocycles. The van der Waals surface area contributed by atoms with Crippen molar-refractivity contribution in [3.63, 3.8) is 0 Å². The van der Waals surface area contributed by atoms with Crippen molar-refractivity contribution in [3.05, 3.63) is 38.6 Å². The molecule has 5 nitrogen and oxygen atoms in total. The van der Waals surface area contributed by atoms with Gasteiger partial charge in [0.1, 0.15) is 0 Å². The van der Waals surface area contributed by atoms with Gasteiger partial charge >= 0.3 is 11.2 Å². The van der Waals surface area contributed by atoms with Gasteiger partial charge in [-0.25, -0.2) is 0 Å². The Balaban J connectivity index is 3.00. The highest BCUT2D eigenvalue weighted by atomic mass is 35.5. The van der Waals surface area contributed by atoms with Crippen LogP contribution >= 0.6 is 11.6 Å². The van der Waals surface area contributed by atoms with Crippen molar-refractivity contribution in [2.75, 3.05) is 0 Å². The summed E-state index contributed by atoms with van der Waals surface area (Å²) >= 11 is 5.73. The molecular weight excluding hydrogens is 218 g/mol. The first-order valence-corrected chi connectivity index (χ1v) is 4.41. The Kier molecular flexibility index (Phi) is 2.06. The molecule has 2 rings (SSSR count). The standard InChI is InChI=1S/C9H4ClN3O2/c10-4-1-2-6-5(3-4)8(14)7(13-11)9(15)12-6/h1-3H,(H-,12,14,15)/p+1. The predicted molar refractivity (Wildman–Crippen MR) is 56.0 cm³/mol. The highest BCUT2D eigenvalue weighted by Crippen LogP contribution is 2.31. The Morgan fingerprint density at radius 2 is 2.20 bits per heavy atom. The third-order valence-electron chi connectivity index (χ3n) is 2.02. The monoisotopic (exact) mass is 222 g/mol. The summed E-state index contributed by atoms with van der Waals surface area (Å²) in [5, 5.41) is 18.9. The molecule has 0 saturated carbocycles. The molecule has 0 fully saturated rings. The Hall–Kier alpha value is -2.06. The first-order chi connectivity index (χ1) is 7.13. The summed E-state index contributed by atoms with van der Waals surface area (Å²) in [5.74, 6) is -0.390. The number of halogens is 1. The van der Waals surface area contributed by atoms with Gasteiger partial charge in [-0.15, -0.1) is 0 Å². The Morgan fingerprint density at radius 3 is 2.87 bits per heavy atom. The van der Waals surface area contributed by atoms with E-state index in [2.05, 4.69) is 9.96 Å². The Bertz CT molecular complexity index is 642. The van der Waals surface area contributed by atoms with Gasteiger partial charge in [0.15, 0.2) is 4.98 Å². The van der Waals surface area contributed by atoms with Crippen molar-refractivity contribution in [2.24, 2.45) is 0 Å². The lowest BCUT2D eigenvalue weighted by atomic mass is 10.2. The molecule has 2 aromatic rings. The van der Waals surface area contributed by atoms with Crippen LogP contribution in [0.2, 0.25) is 5.02 Å². The summed E-state index contributed by atoms with van der Waals surface area (Å²) in [6.07, 6.45) is 0. The lowest BCUT2D eigenvalue weighted by Crippen LogP contribution is -2.04. The third kappa shape index (κ3) is 1.41. The molecule has 0 spiro atoms. The lowest BCUT2D eigenvalue weighted by molar-refractivity contribution is 0.483. The zero-order valence-corrected chi connectivity index (χ0v) is 8.12. The van der Waals surface area contributed by atoms with Crippen molar-refractivity contribution >= 4 is 28.2 Å². The summed E-state index contributed by atoms with van der Waals surface area (Å²) in [6, 6.07) is 4.60. The summed E-state index contributed by atoms with van der Waals surface area (Å²) in [5.41, 5.74) is -0.663. The van der Waals surface area contributed by atoms with Crippen LogP contribution in [0.25, 0.3) is 15.9 Å². The Labute approximate surface area is 88.6 Å². The fraction of sp³-hybridized carbons (Fsp3) is 0. The number of fused-ring (bicyclic) bond motifs is 1. The number of hydrogen-bond donors (Lipinski definition) is 2. The van der Waals surface area contributed by atoms with Crippen molar-refractivity contribution in [2.45, 2.75) is 0 Å². The number of nitrogens with one attached hydrogen (secondary N) is 1. The Morgan fingerprint density at radius 1 is 1.47 bits per heavy atom. The molecule has 1 heterocycles. The van der Waals surface area contributed by atoms with Crippen LogP contribution in [-0.2, 0) is 0 Å². The number of aromatic amines is 1. The fourth-order valence-corrected chi connectivity index (χ4v) is 1.50. The van der Waals surface area contributed by atoms with Gasteiger partial charge in [0, 0.05) is 5.02 Å². The lowest BCUT2D eigenvalue weighted by Gasteiger charge is -1.98. The van der Waals surface area contributed by atoms with Gasteiger partial charge in [-0.3, -0.25) is 4.79 Å². The highest BCUT2D eigenvalue weighted by Gasteiger charge is 2.22. The van der Waals surface area contributed by atoms with Gasteiger partial charge in [-0.2, -0.15) is 0 Å². The van der Waals surface area contributed by atoms with Crippen LogP contribution in [0.3, 0.4) is 0 Å². The zero-order valence-electron chi connectivity index (χ0n) is 7.36. The van der Waals surface area contributed by atoms with E-state index in [1.54, 1.807) is 12.1 Å². The van der Waals surface area contributed by atoms with Crippen LogP contribution in [0.1, 0.15) is 0 Å². The number of aromatic nitrogens is 1. The number of H-pyrrole nitrogens is 1. The second-order valence-corrected chi connectivity index (χ2v) is 3.38. The first-order valence-electron chi connectivity index (χ1n) is 4.03. The van der Waals surface area contributed by atoms with Crippen molar-refractivity contribution in [3.8, 4) is 5.75 Å². The van der Waals surface area contributed by atoms with Crippen molar-refractivity contribution in [1.29, 1.82) is 5.39 Å². The third-order valence-corrected chi connectivity index (χ3v) is 2.26. The van der Waals surface area contributed by atoms with E-state index in [-0.39, 0.29) is 0 Å². The fourth-order valence-electron chi connectivity index (χ4n) is 1.33. The number of rotatable bonds is 0. The molecule has 6 heteroatoms. The van der Waals surface area contributed by atoms with E-state index in [0.29, 0.717) is 15.9 Å². The zero-order chi connectivity index (χ0) is 11.0. The van der Waals surface area contributed by atoms with Gasteiger partial charge in [-0.05, 0) is 18.2 Å². The van der Waals surface area contributed by atoms with Crippen LogP contribution in [0.15, 0.2) is 23.0 Å². The molecule has 1 aromatic carbocycles. The molecule has 0 radical (unpaired) electrons. The summed E-state index contributed by atoms with van der Waals surface area (Å²) in [6.45, 7) is 0. The van der Waals surface area contributed by atoms with E-state index in [9.17, 15) is 9.90 Å². The number of benzene rings is 1. The van der Waals surface area contributed by atoms with E-state index in [0.717, 1.165) is 0 Å². The minimum absolute atomic E-state index is 0.329. The van der Waals surface area contributed by atoms with Crippen LogP contribution in [0, 0.1) is 5.39 Å². The van der Waals surface area contributed by atoms with Crippen LogP contribution in [0.4, 0.5) is 5.69 Å². The van der Waals surface area contributed by atoms with Gasteiger partial charge in [0.25, 0.3) is 0 Å². The smallest absolute Gasteiger partial charge is 0.490 e. The largest absolute Gasteiger partial charge is 0.501 e. The molecular formula is C9H5ClN3O2+. The molecule has 0 saturated heterocycles. The minimum Gasteiger partial charge on any atom is -0.501 e. The number of aromatic hydroxyl groups is 1. The highest BCUT2D eigenvalue weighted by molar-refractivity contribution is 6.31. The number of diazo groups is 1.